The van der Waals surface area contributed by atoms with Crippen molar-refractivity contribution in [3.05, 3.63) is 42.2 Å². The van der Waals surface area contributed by atoms with Crippen LogP contribution in [0.25, 0.3) is 0 Å². The molecule has 0 bridgehead atoms. The molecular weight excluding hydrogens is 275 g/mol. The van der Waals surface area contributed by atoms with Gasteiger partial charge in [-0.25, -0.2) is 9.18 Å². The van der Waals surface area contributed by atoms with Gasteiger partial charge in [0.05, 0.1) is 20.3 Å². The topological polar surface area (TPSA) is 44.8 Å². The van der Waals surface area contributed by atoms with Crippen molar-refractivity contribution in [2.75, 3.05) is 20.3 Å². The summed E-state index contributed by atoms with van der Waals surface area (Å²) in [6, 6.07) is 3.97. The van der Waals surface area contributed by atoms with Gasteiger partial charge in [0.2, 0.25) is 0 Å². The molecule has 1 aromatic rings. The minimum Gasteiger partial charge on any atom is -0.496 e. The third-order valence-electron chi connectivity index (χ3n) is 3.15. The Morgan fingerprint density at radius 2 is 2.14 bits per heavy atom. The van der Waals surface area contributed by atoms with E-state index in [0.717, 1.165) is 0 Å². The maximum absolute atomic E-state index is 13.6. The summed E-state index contributed by atoms with van der Waals surface area (Å²) in [6.45, 7) is 7.38. The van der Waals surface area contributed by atoms with Crippen molar-refractivity contribution in [2.24, 2.45) is 0 Å². The van der Waals surface area contributed by atoms with Crippen LogP contribution in [0, 0.1) is 5.82 Å². The fourth-order valence-electron chi connectivity index (χ4n) is 2.13. The number of halogens is 1. The van der Waals surface area contributed by atoms with E-state index in [0.29, 0.717) is 11.3 Å². The quantitative estimate of drug-likeness (QED) is 0.546. The third kappa shape index (κ3) is 3.61. The molecule has 0 amide bonds. The van der Waals surface area contributed by atoms with Crippen LogP contribution in [0.15, 0.2) is 30.9 Å². The fourth-order valence-corrected chi connectivity index (χ4v) is 2.13. The monoisotopic (exact) mass is 296 g/mol. The largest absolute Gasteiger partial charge is 0.496 e. The molecule has 5 heteroatoms. The summed E-state index contributed by atoms with van der Waals surface area (Å²) in [5, 5.41) is 0. The summed E-state index contributed by atoms with van der Waals surface area (Å²) in [6.07, 6.45) is 1.80. The molecule has 0 aromatic heterocycles. The number of hydrogen-bond donors (Lipinski definition) is 0. The Morgan fingerprint density at radius 3 is 2.67 bits per heavy atom. The van der Waals surface area contributed by atoms with E-state index < -0.39 is 17.4 Å². The lowest BCUT2D eigenvalue weighted by molar-refractivity contribution is -0.173. The molecule has 21 heavy (non-hydrogen) atoms. The maximum Gasteiger partial charge on any atom is 0.343 e. The van der Waals surface area contributed by atoms with Crippen molar-refractivity contribution < 1.29 is 23.4 Å². The summed E-state index contributed by atoms with van der Waals surface area (Å²) < 4.78 is 29.7. The Labute approximate surface area is 124 Å². The van der Waals surface area contributed by atoms with E-state index >= 15 is 0 Å². The molecule has 0 fully saturated rings. The van der Waals surface area contributed by atoms with E-state index in [9.17, 15) is 9.18 Å². The van der Waals surface area contributed by atoms with E-state index in [2.05, 4.69) is 6.58 Å². The highest BCUT2D eigenvalue weighted by Crippen LogP contribution is 2.37. The molecule has 116 valence electrons. The molecule has 4 nitrogen and oxygen atoms in total. The molecule has 0 heterocycles. The van der Waals surface area contributed by atoms with Gasteiger partial charge in [-0.05, 0) is 31.5 Å². The second-order valence-corrected chi connectivity index (χ2v) is 4.35. The molecule has 1 atom stereocenters. The van der Waals surface area contributed by atoms with Gasteiger partial charge in [-0.2, -0.15) is 0 Å². The van der Waals surface area contributed by atoms with Crippen LogP contribution >= 0.6 is 0 Å². The van der Waals surface area contributed by atoms with Crippen molar-refractivity contribution in [3.63, 3.8) is 0 Å². The summed E-state index contributed by atoms with van der Waals surface area (Å²) in [5.41, 5.74) is -1.11. The van der Waals surface area contributed by atoms with Gasteiger partial charge in [-0.15, -0.1) is 6.58 Å². The van der Waals surface area contributed by atoms with E-state index in [1.807, 2.05) is 0 Å². The number of rotatable bonds is 8. The zero-order chi connectivity index (χ0) is 15.9. The van der Waals surface area contributed by atoms with Gasteiger partial charge in [-0.1, -0.05) is 13.0 Å². The number of benzene rings is 1. The van der Waals surface area contributed by atoms with Gasteiger partial charge < -0.3 is 14.2 Å². The number of carbonyl (C=O) groups is 1. The molecule has 1 aromatic carbocycles. The maximum atomic E-state index is 13.6. The number of hydrogen-bond acceptors (Lipinski definition) is 4. The Hall–Kier alpha value is -1.88. The zero-order valence-electron chi connectivity index (χ0n) is 12.6. The lowest BCUT2D eigenvalue weighted by Crippen LogP contribution is -2.40. The standard InChI is InChI=1S/C16H21FO4/c1-5-10-21-16(6-2,15(18)20-7-3)13-11-12(17)8-9-14(13)19-4/h5,8-9,11H,1,6-7,10H2,2-4H3/t16-/m1/s1. The second kappa shape index (κ2) is 7.78. The van der Waals surface area contributed by atoms with Crippen molar-refractivity contribution in [2.45, 2.75) is 25.9 Å². The number of methoxy groups -OCH3 is 1. The van der Waals surface area contributed by atoms with Gasteiger partial charge >= 0.3 is 5.97 Å². The molecule has 0 saturated heterocycles. The van der Waals surface area contributed by atoms with Crippen molar-refractivity contribution >= 4 is 5.97 Å². The summed E-state index contributed by atoms with van der Waals surface area (Å²) >= 11 is 0. The van der Waals surface area contributed by atoms with Crippen molar-refractivity contribution in [1.82, 2.24) is 0 Å². The molecule has 0 aliphatic carbocycles. The Bertz CT molecular complexity index is 501. The predicted molar refractivity (Wildman–Crippen MR) is 77.7 cm³/mol. The number of ether oxygens (including phenoxy) is 3. The molecule has 0 radical (unpaired) electrons. The molecule has 0 saturated carbocycles. The Balaban J connectivity index is 3.43. The highest BCUT2D eigenvalue weighted by atomic mass is 19.1. The average molecular weight is 296 g/mol. The SMILES string of the molecule is C=CCO[C@@](CC)(C(=O)OCC)c1cc(F)ccc1OC. The first-order valence-corrected chi connectivity index (χ1v) is 6.81. The van der Waals surface area contributed by atoms with Crippen LogP contribution in [-0.2, 0) is 19.9 Å². The van der Waals surface area contributed by atoms with Gasteiger partial charge in [0, 0.05) is 5.56 Å². The van der Waals surface area contributed by atoms with Crippen LogP contribution in [-0.4, -0.2) is 26.3 Å². The minimum atomic E-state index is -1.42. The molecule has 1 rings (SSSR count). The molecular formula is C16H21FO4. The number of carbonyl (C=O) groups excluding carboxylic acids is 1. The molecule has 0 aliphatic rings. The summed E-state index contributed by atoms with van der Waals surface area (Å²) in [4.78, 5) is 12.4. The highest BCUT2D eigenvalue weighted by molar-refractivity contribution is 5.82. The highest BCUT2D eigenvalue weighted by Gasteiger charge is 2.43. The van der Waals surface area contributed by atoms with Crippen LogP contribution in [0.3, 0.4) is 0 Å². The summed E-state index contributed by atoms with van der Waals surface area (Å²) in [7, 11) is 1.45. The normalized spacial score (nSPS) is 13.3. The van der Waals surface area contributed by atoms with Crippen LogP contribution in [0.4, 0.5) is 4.39 Å². The molecule has 0 spiro atoms. The predicted octanol–water partition coefficient (Wildman–Crippen LogP) is 3.21. The summed E-state index contributed by atoms with van der Waals surface area (Å²) in [5.74, 6) is -0.677. The van der Waals surface area contributed by atoms with Crippen LogP contribution in [0.1, 0.15) is 25.8 Å². The molecule has 0 N–H and O–H groups in total. The third-order valence-corrected chi connectivity index (χ3v) is 3.15. The van der Waals surface area contributed by atoms with Crippen LogP contribution < -0.4 is 4.74 Å². The van der Waals surface area contributed by atoms with Gasteiger partial charge in [0.25, 0.3) is 0 Å². The van der Waals surface area contributed by atoms with Gasteiger partial charge in [0.15, 0.2) is 5.60 Å². The molecule has 0 aliphatic heterocycles. The first kappa shape index (κ1) is 17.2. The van der Waals surface area contributed by atoms with E-state index in [1.165, 1.54) is 31.4 Å². The Morgan fingerprint density at radius 1 is 1.43 bits per heavy atom. The van der Waals surface area contributed by atoms with Crippen LogP contribution in [0.2, 0.25) is 0 Å². The van der Waals surface area contributed by atoms with Crippen LogP contribution in [0.5, 0.6) is 5.75 Å². The first-order chi connectivity index (χ1) is 10.1. The number of esters is 1. The lowest BCUT2D eigenvalue weighted by Gasteiger charge is -2.31. The van der Waals surface area contributed by atoms with E-state index in [4.69, 9.17) is 14.2 Å². The second-order valence-electron chi connectivity index (χ2n) is 4.35. The van der Waals surface area contributed by atoms with Crippen molar-refractivity contribution in [3.8, 4) is 5.75 Å². The van der Waals surface area contributed by atoms with Gasteiger partial charge in [-0.3, -0.25) is 0 Å². The minimum absolute atomic E-state index is 0.131. The fraction of sp³-hybridized carbons (Fsp3) is 0.438. The first-order valence-electron chi connectivity index (χ1n) is 6.81. The Kier molecular flexibility index (Phi) is 6.37. The smallest absolute Gasteiger partial charge is 0.343 e. The molecule has 0 unspecified atom stereocenters. The van der Waals surface area contributed by atoms with Gasteiger partial charge in [0.1, 0.15) is 11.6 Å². The average Bonchev–Trinajstić information content (AvgIpc) is 2.49. The lowest BCUT2D eigenvalue weighted by atomic mass is 9.89. The van der Waals surface area contributed by atoms with E-state index in [1.54, 1.807) is 13.8 Å². The zero-order valence-corrected chi connectivity index (χ0v) is 12.6. The van der Waals surface area contributed by atoms with E-state index in [-0.39, 0.29) is 19.6 Å². The van der Waals surface area contributed by atoms with Crippen molar-refractivity contribution in [1.29, 1.82) is 0 Å².